The maximum atomic E-state index is 13.7. The smallest absolute Gasteiger partial charge is 0.407 e. The second-order valence-corrected chi connectivity index (χ2v) is 27.4. The number of quaternary nitrogens is 1. The van der Waals surface area contributed by atoms with E-state index in [1.54, 1.807) is 53.7 Å². The second kappa shape index (κ2) is 34.6. The molecular weight excluding hydrogens is 1190 g/mol. The molecule has 1 aliphatic carbocycles. The predicted molar refractivity (Wildman–Crippen MR) is 336 cm³/mol. The average Bonchev–Trinajstić information content (AvgIpc) is 1.84. The number of esters is 3. The fourth-order valence-corrected chi connectivity index (χ4v) is 11.8. The van der Waals surface area contributed by atoms with Gasteiger partial charge in [0, 0.05) is 69.2 Å². The fourth-order valence-electron chi connectivity index (χ4n) is 9.55. The standard InChI is InChI=1S/C63H89N9O15S2/c1-42-15-17-43(18-16-42)41-85-61(79)71-52(30-32-57(75)87-63(5,6)7)54(73)13-11-12-46(24-31-56(74)86-62(2,3)4)58(76)68-36-37-70-88(80,81)49-25-19-44(20-26-49)45-21-27-50(28-22-45)89(82,83)72-53(60(78)84-8)40-69-59(77)47-23-29-51(48(38-47)39-64)65-34-35-67-55-14-9-10-33-66-55/h15,17-23,25-29,38-39,42,46,52-54,64-65,70,72-73H,9-14,16,24,30-37,40-41H2,1-8H3,(H,66,67)(H,68,76)(H,69,77)(H,71,79)/p+1/t42?,46-,52-,53-,54?/m0/s1. The molecule has 0 spiro atoms. The van der Waals surface area contributed by atoms with E-state index in [1.807, 2.05) is 23.5 Å². The highest BCUT2D eigenvalue weighted by Gasteiger charge is 2.30. The maximum absolute atomic E-state index is 13.7. The molecule has 1 heterocycles. The van der Waals surface area contributed by atoms with Gasteiger partial charge in [-0.3, -0.25) is 29.0 Å². The number of amidine groups is 1. The van der Waals surface area contributed by atoms with Crippen LogP contribution in [0.25, 0.3) is 11.1 Å². The highest BCUT2D eigenvalue weighted by Crippen LogP contribution is 2.25. The van der Waals surface area contributed by atoms with E-state index in [1.165, 1.54) is 54.6 Å². The number of nitrogens with zero attached hydrogens (tertiary/aromatic N) is 1. The zero-order chi connectivity index (χ0) is 65.4. The van der Waals surface area contributed by atoms with E-state index in [9.17, 15) is 50.7 Å². The van der Waals surface area contributed by atoms with Gasteiger partial charge < -0.3 is 56.0 Å². The van der Waals surface area contributed by atoms with Crippen molar-refractivity contribution in [3.05, 3.63) is 102 Å². The molecular formula is C63H90N9O15S2+. The molecule has 1 aliphatic heterocycles. The van der Waals surface area contributed by atoms with E-state index in [4.69, 9.17) is 24.4 Å². The number of hydrogen-bond acceptors (Lipinski definition) is 18. The van der Waals surface area contributed by atoms with Crippen LogP contribution in [0.1, 0.15) is 135 Å². The predicted octanol–water partition coefficient (Wildman–Crippen LogP) is 5.37. The van der Waals surface area contributed by atoms with Gasteiger partial charge in [-0.1, -0.05) is 55.8 Å². The number of aliphatic hydroxyl groups is 1. The molecule has 0 fully saturated rings. The van der Waals surface area contributed by atoms with Crippen molar-refractivity contribution in [1.29, 1.82) is 5.41 Å². The molecule has 5 atom stereocenters. The first kappa shape index (κ1) is 72.4. The second-order valence-electron chi connectivity index (χ2n) is 24.0. The van der Waals surface area contributed by atoms with Crippen LogP contribution in [0.15, 0.2) is 105 Å². The van der Waals surface area contributed by atoms with Gasteiger partial charge in [-0.25, -0.2) is 26.4 Å². The van der Waals surface area contributed by atoms with Gasteiger partial charge in [0.1, 0.15) is 29.5 Å². The molecule has 3 aromatic carbocycles. The van der Waals surface area contributed by atoms with Gasteiger partial charge in [-0.15, -0.1) is 0 Å². The molecule has 0 bridgehead atoms. The molecule has 3 amide bonds. The number of methoxy groups -OCH3 is 1. The van der Waals surface area contributed by atoms with Crippen molar-refractivity contribution in [3.63, 3.8) is 0 Å². The Morgan fingerprint density at radius 3 is 2.02 bits per heavy atom. The van der Waals surface area contributed by atoms with Gasteiger partial charge in [0.05, 0.1) is 53.5 Å². The lowest BCUT2D eigenvalue weighted by Gasteiger charge is -2.26. The Bertz CT molecular complexity index is 3230. The van der Waals surface area contributed by atoms with Crippen LogP contribution in [0.4, 0.5) is 10.5 Å². The molecule has 0 saturated carbocycles. The number of carbonyl (C=O) groups is 6. The van der Waals surface area contributed by atoms with E-state index in [2.05, 4.69) is 42.6 Å². The molecule has 2 aliphatic rings. The Labute approximate surface area is 523 Å². The summed E-state index contributed by atoms with van der Waals surface area (Å²) in [4.78, 5) is 82.3. The molecule has 5 rings (SSSR count). The van der Waals surface area contributed by atoms with Crippen molar-refractivity contribution >= 4 is 73.6 Å². The largest absolute Gasteiger partial charge is 0.468 e. The summed E-state index contributed by atoms with van der Waals surface area (Å²) >= 11 is 0. The number of rotatable bonds is 33. The summed E-state index contributed by atoms with van der Waals surface area (Å²) in [6, 6.07) is 13.8. The Morgan fingerprint density at radius 2 is 1.44 bits per heavy atom. The zero-order valence-electron chi connectivity index (χ0n) is 52.3. The highest BCUT2D eigenvalue weighted by molar-refractivity contribution is 7.89. The van der Waals surface area contributed by atoms with Crippen LogP contribution >= 0.6 is 0 Å². The number of benzene rings is 3. The van der Waals surface area contributed by atoms with Crippen LogP contribution in [0.5, 0.6) is 0 Å². The minimum Gasteiger partial charge on any atom is -0.468 e. The number of alkyl carbamates (subject to hydrolysis) is 1. The fraction of sp³-hybridized carbons (Fsp3) is 0.524. The van der Waals surface area contributed by atoms with Crippen molar-refractivity contribution in [2.45, 2.75) is 158 Å². The van der Waals surface area contributed by atoms with Crippen LogP contribution in [0, 0.1) is 17.2 Å². The molecule has 2 unspecified atom stereocenters. The quantitative estimate of drug-likeness (QED) is 0.0122. The van der Waals surface area contributed by atoms with Gasteiger partial charge in [-0.2, -0.15) is 4.72 Å². The van der Waals surface area contributed by atoms with E-state index >= 15 is 0 Å². The third-order valence-corrected chi connectivity index (χ3v) is 17.2. The lowest BCUT2D eigenvalue weighted by molar-refractivity contribution is -0.569. The van der Waals surface area contributed by atoms with Gasteiger partial charge in [0.2, 0.25) is 26.0 Å². The topological polar surface area (TPSA) is 353 Å². The lowest BCUT2D eigenvalue weighted by atomic mass is 9.92. The highest BCUT2D eigenvalue weighted by atomic mass is 32.2. The van der Waals surface area contributed by atoms with E-state index in [-0.39, 0.29) is 80.0 Å². The molecule has 0 aromatic heterocycles. The lowest BCUT2D eigenvalue weighted by Crippen LogP contribution is -2.80. The summed E-state index contributed by atoms with van der Waals surface area (Å²) in [5.74, 6) is -2.46. The zero-order valence-corrected chi connectivity index (χ0v) is 53.9. The summed E-state index contributed by atoms with van der Waals surface area (Å²) in [6.45, 7) is 13.8. The average molecular weight is 1280 g/mol. The van der Waals surface area contributed by atoms with Crippen molar-refractivity contribution in [2.75, 3.05) is 53.0 Å². The van der Waals surface area contributed by atoms with Crippen molar-refractivity contribution < 1.29 is 75.0 Å². The molecule has 0 radical (unpaired) electrons. The van der Waals surface area contributed by atoms with Crippen LogP contribution in [0.2, 0.25) is 0 Å². The third kappa shape index (κ3) is 25.6. The first-order valence-corrected chi connectivity index (χ1v) is 33.0. The molecule has 26 heteroatoms. The summed E-state index contributed by atoms with van der Waals surface area (Å²) in [7, 11) is -7.39. The number of ether oxygens (including phenoxy) is 4. The first-order valence-electron chi connectivity index (χ1n) is 30.1. The summed E-state index contributed by atoms with van der Waals surface area (Å²) in [5.41, 5.74) is 1.82. The number of aliphatic imine (C=N–C) groups is 1. The number of amides is 3. The van der Waals surface area contributed by atoms with Crippen LogP contribution < -0.4 is 36.0 Å². The Morgan fingerprint density at radius 1 is 0.798 bits per heavy atom. The number of carbonyl (C=O) groups excluding carboxylic acids is 6. The monoisotopic (exact) mass is 1280 g/mol. The first-order chi connectivity index (χ1) is 42.0. The minimum atomic E-state index is -4.37. The Hall–Kier alpha value is -7.36. The third-order valence-electron chi connectivity index (χ3n) is 14.2. The van der Waals surface area contributed by atoms with E-state index in [0.717, 1.165) is 62.6 Å². The molecule has 3 aromatic rings. The number of hydrogen-bond donors (Lipinski definition) is 9. The molecule has 24 nitrogen and oxygen atoms in total. The normalized spacial score (nSPS) is 15.8. The van der Waals surface area contributed by atoms with Crippen LogP contribution in [0.3, 0.4) is 0 Å². The van der Waals surface area contributed by atoms with Crippen molar-refractivity contribution in [1.82, 2.24) is 30.7 Å². The van der Waals surface area contributed by atoms with Crippen LogP contribution in [-0.2, 0) is 58.2 Å². The number of nitrogens with one attached hydrogen (secondary N) is 7. The minimum absolute atomic E-state index is 0.0171. The van der Waals surface area contributed by atoms with Crippen molar-refractivity contribution in [2.24, 2.45) is 16.8 Å². The summed E-state index contributed by atoms with van der Waals surface area (Å²) in [5, 5.41) is 32.7. The number of allylic oxidation sites excluding steroid dienone is 2. The van der Waals surface area contributed by atoms with Gasteiger partial charge in [0.15, 0.2) is 0 Å². The SMILES string of the molecule is COC(=O)[C@H](CNC(=O)c1ccc([NH2+]CCNC2=NCCCC2)c(C=N)c1)NS(=O)(=O)c1ccc(-c2ccc(S(=O)(=O)NCCNC(=O)[C@@H](CCCC(O)[C@H](CCC(=O)OC(C)(C)C)NC(=O)OCC3=CCC(C)C=C3)CCC(=O)OC(C)(C)C)cc2)cc1. The maximum Gasteiger partial charge on any atom is 0.407 e. The van der Waals surface area contributed by atoms with Crippen LogP contribution in [-0.4, -0.2) is 152 Å². The number of sulfonamides is 2. The molecule has 10 N–H and O–H groups in total. The number of nitrogens with two attached hydrogens (primary N) is 1. The Kier molecular flexibility index (Phi) is 28.1. The Balaban J connectivity index is 1.13. The summed E-state index contributed by atoms with van der Waals surface area (Å²) < 4.78 is 80.0. The molecule has 0 saturated heterocycles. The summed E-state index contributed by atoms with van der Waals surface area (Å²) in [6.07, 6.45) is 9.46. The molecule has 89 heavy (non-hydrogen) atoms. The van der Waals surface area contributed by atoms with E-state index in [0.29, 0.717) is 35.7 Å². The van der Waals surface area contributed by atoms with Gasteiger partial charge >= 0.3 is 24.0 Å². The van der Waals surface area contributed by atoms with Gasteiger partial charge in [-0.05, 0) is 146 Å². The number of aliphatic hydroxyl groups excluding tert-OH is 1. The van der Waals surface area contributed by atoms with E-state index < -0.39 is 97.7 Å². The molecule has 488 valence electrons. The van der Waals surface area contributed by atoms with Gasteiger partial charge in [0.25, 0.3) is 5.91 Å². The van der Waals surface area contributed by atoms with Crippen molar-refractivity contribution in [3.8, 4) is 11.1 Å².